The average molecular weight is 260 g/mol. The minimum Gasteiger partial charge on any atom is -0.351 e. The van der Waals surface area contributed by atoms with Crippen molar-refractivity contribution >= 4 is 17.1 Å². The predicted octanol–water partition coefficient (Wildman–Crippen LogP) is 0.858. The molecule has 0 aromatic carbocycles. The topological polar surface area (TPSA) is 76.9 Å². The van der Waals surface area contributed by atoms with Crippen LogP contribution >= 0.6 is 0 Å². The molecule has 1 amide bonds. The molecule has 100 valence electrons. The Hall–Kier alpha value is -2.24. The minimum atomic E-state index is -0.431. The summed E-state index contributed by atoms with van der Waals surface area (Å²) in [7, 11) is 1.59. The number of nitrogens with one attached hydrogen (secondary N) is 1. The van der Waals surface area contributed by atoms with Crippen LogP contribution in [0.3, 0.4) is 0 Å². The number of carbonyl (C=O) groups excluding carboxylic acids is 1. The number of unbranched alkanes of at least 4 members (excludes halogenated alkanes) is 1. The normalized spacial score (nSPS) is 10.6. The molecule has 0 saturated heterocycles. The zero-order chi connectivity index (χ0) is 13.8. The standard InChI is InChI=1S/C13H16N4O2/c1-3-4-7-15-12(18)10-13(19)17(2)11-9(16-10)6-5-8-14-11/h5-6,8H,3-4,7H2,1-2H3,(H,15,18). The summed E-state index contributed by atoms with van der Waals surface area (Å²) < 4.78 is 1.34. The molecule has 0 aliphatic heterocycles. The van der Waals surface area contributed by atoms with Gasteiger partial charge in [-0.1, -0.05) is 13.3 Å². The van der Waals surface area contributed by atoms with Gasteiger partial charge in [-0.05, 0) is 18.6 Å². The van der Waals surface area contributed by atoms with Gasteiger partial charge < -0.3 is 5.32 Å². The quantitative estimate of drug-likeness (QED) is 0.827. The fourth-order valence-electron chi connectivity index (χ4n) is 1.77. The van der Waals surface area contributed by atoms with Crippen LogP contribution in [0.5, 0.6) is 0 Å². The highest BCUT2D eigenvalue weighted by molar-refractivity contribution is 5.93. The first-order valence-corrected chi connectivity index (χ1v) is 6.25. The zero-order valence-corrected chi connectivity index (χ0v) is 11.0. The van der Waals surface area contributed by atoms with Crippen LogP contribution in [0.2, 0.25) is 0 Å². The fraction of sp³-hybridized carbons (Fsp3) is 0.385. The number of pyridine rings is 1. The van der Waals surface area contributed by atoms with Crippen molar-refractivity contribution in [3.05, 3.63) is 34.4 Å². The largest absolute Gasteiger partial charge is 0.351 e. The Bertz CT molecular complexity index is 663. The molecule has 0 saturated carbocycles. The fourth-order valence-corrected chi connectivity index (χ4v) is 1.77. The predicted molar refractivity (Wildman–Crippen MR) is 72.0 cm³/mol. The van der Waals surface area contributed by atoms with Gasteiger partial charge in [0.15, 0.2) is 11.3 Å². The number of amides is 1. The maximum absolute atomic E-state index is 12.1. The van der Waals surface area contributed by atoms with E-state index in [1.54, 1.807) is 25.4 Å². The SMILES string of the molecule is CCCCNC(=O)c1nc2cccnc2n(C)c1=O. The van der Waals surface area contributed by atoms with Crippen LogP contribution in [0, 0.1) is 0 Å². The van der Waals surface area contributed by atoms with Crippen LogP contribution in [-0.2, 0) is 7.05 Å². The van der Waals surface area contributed by atoms with E-state index in [1.165, 1.54) is 4.57 Å². The maximum atomic E-state index is 12.1. The van der Waals surface area contributed by atoms with E-state index in [0.717, 1.165) is 12.8 Å². The maximum Gasteiger partial charge on any atom is 0.283 e. The number of aromatic nitrogens is 3. The molecule has 2 heterocycles. The van der Waals surface area contributed by atoms with Crippen LogP contribution in [0.4, 0.5) is 0 Å². The van der Waals surface area contributed by atoms with Gasteiger partial charge in [0.2, 0.25) is 0 Å². The molecule has 0 fully saturated rings. The summed E-state index contributed by atoms with van der Waals surface area (Å²) in [5.41, 5.74) is 0.488. The second-order valence-corrected chi connectivity index (χ2v) is 4.28. The monoisotopic (exact) mass is 260 g/mol. The number of carbonyl (C=O) groups is 1. The number of hydrogen-bond acceptors (Lipinski definition) is 4. The van der Waals surface area contributed by atoms with Gasteiger partial charge in [-0.2, -0.15) is 0 Å². The summed E-state index contributed by atoms with van der Waals surface area (Å²) in [6.07, 6.45) is 3.44. The second-order valence-electron chi connectivity index (χ2n) is 4.28. The van der Waals surface area contributed by atoms with Gasteiger partial charge in [0.25, 0.3) is 11.5 Å². The summed E-state index contributed by atoms with van der Waals surface area (Å²) in [5, 5.41) is 2.70. The lowest BCUT2D eigenvalue weighted by Gasteiger charge is -2.07. The Morgan fingerprint density at radius 2 is 2.26 bits per heavy atom. The lowest BCUT2D eigenvalue weighted by Crippen LogP contribution is -2.34. The summed E-state index contributed by atoms with van der Waals surface area (Å²) >= 11 is 0. The molecule has 2 aromatic rings. The molecular formula is C13H16N4O2. The molecule has 0 aliphatic carbocycles. The van der Waals surface area contributed by atoms with E-state index in [1.807, 2.05) is 6.92 Å². The minimum absolute atomic E-state index is 0.0842. The highest BCUT2D eigenvalue weighted by atomic mass is 16.2. The van der Waals surface area contributed by atoms with Gasteiger partial charge in [-0.3, -0.25) is 14.2 Å². The Balaban J connectivity index is 2.41. The molecule has 2 rings (SSSR count). The molecule has 2 aromatic heterocycles. The molecule has 0 bridgehead atoms. The number of nitrogens with zero attached hydrogens (tertiary/aromatic N) is 3. The molecule has 19 heavy (non-hydrogen) atoms. The Labute approximate surface area is 110 Å². The van der Waals surface area contributed by atoms with E-state index in [4.69, 9.17) is 0 Å². The third-order valence-electron chi connectivity index (χ3n) is 2.85. The molecular weight excluding hydrogens is 244 g/mol. The van der Waals surface area contributed by atoms with Crippen molar-refractivity contribution in [2.45, 2.75) is 19.8 Å². The van der Waals surface area contributed by atoms with E-state index in [0.29, 0.717) is 17.7 Å². The van der Waals surface area contributed by atoms with E-state index in [-0.39, 0.29) is 5.69 Å². The smallest absolute Gasteiger partial charge is 0.283 e. The van der Waals surface area contributed by atoms with Crippen molar-refractivity contribution in [3.8, 4) is 0 Å². The number of hydrogen-bond donors (Lipinski definition) is 1. The Morgan fingerprint density at radius 1 is 1.47 bits per heavy atom. The Kier molecular flexibility index (Phi) is 3.89. The molecule has 0 aliphatic rings. The lowest BCUT2D eigenvalue weighted by atomic mass is 10.3. The second kappa shape index (κ2) is 5.60. The number of rotatable bonds is 4. The molecule has 0 radical (unpaired) electrons. The molecule has 0 atom stereocenters. The van der Waals surface area contributed by atoms with E-state index >= 15 is 0 Å². The third-order valence-corrected chi connectivity index (χ3v) is 2.85. The van der Waals surface area contributed by atoms with Crippen molar-refractivity contribution in [2.75, 3.05) is 6.54 Å². The first-order chi connectivity index (χ1) is 9.15. The summed E-state index contributed by atoms with van der Waals surface area (Å²) in [6, 6.07) is 3.45. The molecule has 0 unspecified atom stereocenters. The van der Waals surface area contributed by atoms with Crippen LogP contribution in [0.15, 0.2) is 23.1 Å². The van der Waals surface area contributed by atoms with Gasteiger partial charge in [-0.15, -0.1) is 0 Å². The van der Waals surface area contributed by atoms with Gasteiger partial charge in [0.1, 0.15) is 5.52 Å². The average Bonchev–Trinajstić information content (AvgIpc) is 2.43. The van der Waals surface area contributed by atoms with Crippen LogP contribution in [0.1, 0.15) is 30.3 Å². The van der Waals surface area contributed by atoms with Crippen molar-refractivity contribution in [2.24, 2.45) is 7.05 Å². The first-order valence-electron chi connectivity index (χ1n) is 6.25. The van der Waals surface area contributed by atoms with Gasteiger partial charge in [-0.25, -0.2) is 9.97 Å². The summed E-state index contributed by atoms with van der Waals surface area (Å²) in [6.45, 7) is 2.58. The van der Waals surface area contributed by atoms with Crippen LogP contribution < -0.4 is 10.9 Å². The van der Waals surface area contributed by atoms with Crippen molar-refractivity contribution in [1.29, 1.82) is 0 Å². The number of fused-ring (bicyclic) bond motifs is 1. The lowest BCUT2D eigenvalue weighted by molar-refractivity contribution is 0.0946. The third kappa shape index (κ3) is 2.62. The molecule has 0 spiro atoms. The van der Waals surface area contributed by atoms with E-state index < -0.39 is 11.5 Å². The van der Waals surface area contributed by atoms with Gasteiger partial charge in [0, 0.05) is 19.8 Å². The van der Waals surface area contributed by atoms with Crippen molar-refractivity contribution < 1.29 is 4.79 Å². The highest BCUT2D eigenvalue weighted by Crippen LogP contribution is 2.05. The number of aryl methyl sites for hydroxylation is 1. The van der Waals surface area contributed by atoms with E-state index in [2.05, 4.69) is 15.3 Å². The molecule has 1 N–H and O–H groups in total. The molecule has 6 heteroatoms. The van der Waals surface area contributed by atoms with Gasteiger partial charge >= 0.3 is 0 Å². The van der Waals surface area contributed by atoms with Crippen molar-refractivity contribution in [1.82, 2.24) is 19.9 Å². The summed E-state index contributed by atoms with van der Waals surface area (Å²) in [4.78, 5) is 32.2. The van der Waals surface area contributed by atoms with Gasteiger partial charge in [0.05, 0.1) is 0 Å². The zero-order valence-electron chi connectivity index (χ0n) is 11.0. The molecule has 6 nitrogen and oxygen atoms in total. The van der Waals surface area contributed by atoms with Crippen LogP contribution in [-0.4, -0.2) is 27.0 Å². The Morgan fingerprint density at radius 3 is 3.00 bits per heavy atom. The van der Waals surface area contributed by atoms with Crippen molar-refractivity contribution in [3.63, 3.8) is 0 Å². The summed E-state index contributed by atoms with van der Waals surface area (Å²) in [5.74, 6) is -0.431. The first kappa shape index (κ1) is 13.2. The van der Waals surface area contributed by atoms with E-state index in [9.17, 15) is 9.59 Å². The highest BCUT2D eigenvalue weighted by Gasteiger charge is 2.15. The van der Waals surface area contributed by atoms with Crippen LogP contribution in [0.25, 0.3) is 11.2 Å².